The van der Waals surface area contributed by atoms with Crippen LogP contribution >= 0.6 is 0 Å². The summed E-state index contributed by atoms with van der Waals surface area (Å²) in [7, 11) is 0. The molecule has 0 unspecified atom stereocenters. The van der Waals surface area contributed by atoms with Crippen LogP contribution in [-0.4, -0.2) is 40.1 Å². The third-order valence-corrected chi connectivity index (χ3v) is 5.22. The lowest BCUT2D eigenvalue weighted by Crippen LogP contribution is -2.47. The predicted molar refractivity (Wildman–Crippen MR) is 99.8 cm³/mol. The van der Waals surface area contributed by atoms with Gasteiger partial charge >= 0.3 is 0 Å². The zero-order valence-electron chi connectivity index (χ0n) is 15.8. The van der Waals surface area contributed by atoms with Crippen LogP contribution in [0.2, 0.25) is 0 Å². The van der Waals surface area contributed by atoms with E-state index < -0.39 is 0 Å². The minimum atomic E-state index is -0.235. The van der Waals surface area contributed by atoms with Gasteiger partial charge in [-0.2, -0.15) is 15.4 Å². The molecule has 3 rings (SSSR count). The molecule has 0 radical (unpaired) electrons. The Morgan fingerprint density at radius 3 is 2.85 bits per heavy atom. The highest BCUT2D eigenvalue weighted by Gasteiger charge is 2.44. The molecule has 26 heavy (non-hydrogen) atoms. The third-order valence-electron chi connectivity index (χ3n) is 5.22. The smallest absolute Gasteiger partial charge is 0.220 e. The van der Waals surface area contributed by atoms with Crippen LogP contribution in [0.1, 0.15) is 49.9 Å². The Balaban J connectivity index is 1.73. The summed E-state index contributed by atoms with van der Waals surface area (Å²) in [5, 5.41) is 13.4. The van der Waals surface area contributed by atoms with Crippen molar-refractivity contribution >= 4 is 5.91 Å². The fraction of sp³-hybridized carbons (Fsp3) is 0.550. The molecule has 0 saturated carbocycles. The van der Waals surface area contributed by atoms with Crippen molar-refractivity contribution in [1.82, 2.24) is 20.7 Å². The summed E-state index contributed by atoms with van der Waals surface area (Å²) in [4.78, 5) is 12.7. The summed E-state index contributed by atoms with van der Waals surface area (Å²) in [5.41, 5.74) is 2.93. The first-order valence-corrected chi connectivity index (χ1v) is 9.22. The first-order chi connectivity index (χ1) is 12.4. The van der Waals surface area contributed by atoms with E-state index in [-0.39, 0.29) is 16.9 Å². The van der Waals surface area contributed by atoms with Gasteiger partial charge in [0.05, 0.1) is 17.5 Å². The number of carbonyl (C=O) groups excluding carboxylic acids is 1. The Labute approximate surface area is 154 Å². The zero-order valence-corrected chi connectivity index (χ0v) is 15.8. The third kappa shape index (κ3) is 4.30. The quantitative estimate of drug-likeness (QED) is 0.834. The van der Waals surface area contributed by atoms with Gasteiger partial charge in [0.2, 0.25) is 5.91 Å². The number of carbonyl (C=O) groups is 1. The number of benzene rings is 1. The number of hydrogen-bond donors (Lipinski definition) is 2. The number of rotatable bonds is 6. The van der Waals surface area contributed by atoms with Gasteiger partial charge in [-0.3, -0.25) is 4.79 Å². The molecule has 0 aliphatic carbocycles. The number of hydrogen-bond acceptors (Lipinski definition) is 4. The Bertz CT molecular complexity index is 742. The molecule has 1 aliphatic rings. The van der Waals surface area contributed by atoms with Gasteiger partial charge < -0.3 is 10.1 Å². The average Bonchev–Trinajstić information content (AvgIpc) is 3.07. The van der Waals surface area contributed by atoms with Crippen molar-refractivity contribution < 1.29 is 9.53 Å². The lowest BCUT2D eigenvalue weighted by atomic mass is 9.66. The van der Waals surface area contributed by atoms with E-state index in [1.165, 1.54) is 11.1 Å². The zero-order chi connectivity index (χ0) is 18.6. The van der Waals surface area contributed by atoms with Crippen LogP contribution in [0.5, 0.6) is 0 Å². The summed E-state index contributed by atoms with van der Waals surface area (Å²) in [6.07, 6.45) is 4.53. The maximum atomic E-state index is 12.7. The van der Waals surface area contributed by atoms with Gasteiger partial charge in [-0.15, -0.1) is 0 Å². The second-order valence-corrected chi connectivity index (χ2v) is 7.87. The van der Waals surface area contributed by atoms with E-state index in [2.05, 4.69) is 65.8 Å². The first kappa shape index (κ1) is 18.6. The van der Waals surface area contributed by atoms with E-state index in [1.807, 2.05) is 0 Å². The molecule has 1 aliphatic heterocycles. The van der Waals surface area contributed by atoms with E-state index in [9.17, 15) is 4.79 Å². The molecule has 1 fully saturated rings. The normalized spacial score (nSPS) is 22.1. The number of nitrogens with zero attached hydrogens (tertiary/aromatic N) is 2. The van der Waals surface area contributed by atoms with Gasteiger partial charge in [-0.1, -0.05) is 24.3 Å². The SMILES string of the molecule is Cc1ccccc1[C@]1(CC(=O)NCCc2cn[nH]n2)CCOC(C)(C)C1. The molecule has 140 valence electrons. The van der Waals surface area contributed by atoms with Crippen LogP contribution in [0.4, 0.5) is 0 Å². The van der Waals surface area contributed by atoms with E-state index in [0.29, 0.717) is 26.0 Å². The second kappa shape index (κ2) is 7.58. The number of aromatic amines is 1. The fourth-order valence-electron chi connectivity index (χ4n) is 4.17. The van der Waals surface area contributed by atoms with Crippen LogP contribution in [0.15, 0.2) is 30.5 Å². The molecule has 0 bridgehead atoms. The van der Waals surface area contributed by atoms with E-state index in [4.69, 9.17) is 4.74 Å². The Morgan fingerprint density at radius 1 is 1.35 bits per heavy atom. The lowest BCUT2D eigenvalue weighted by molar-refractivity contribution is -0.126. The molecule has 2 aromatic rings. The van der Waals surface area contributed by atoms with Crippen molar-refractivity contribution in [2.24, 2.45) is 0 Å². The Kier molecular flexibility index (Phi) is 5.41. The van der Waals surface area contributed by atoms with Crippen molar-refractivity contribution in [2.45, 2.75) is 57.5 Å². The number of aryl methyl sites for hydroxylation is 1. The maximum absolute atomic E-state index is 12.7. The van der Waals surface area contributed by atoms with Crippen LogP contribution in [0, 0.1) is 6.92 Å². The molecule has 1 saturated heterocycles. The van der Waals surface area contributed by atoms with Crippen LogP contribution < -0.4 is 5.32 Å². The summed E-state index contributed by atoms with van der Waals surface area (Å²) in [6.45, 7) is 7.59. The van der Waals surface area contributed by atoms with Gasteiger partial charge in [-0.05, 0) is 44.7 Å². The molecule has 6 heteroatoms. The van der Waals surface area contributed by atoms with Gasteiger partial charge in [0.15, 0.2) is 0 Å². The van der Waals surface area contributed by atoms with Crippen LogP contribution in [-0.2, 0) is 21.4 Å². The number of ether oxygens (including phenoxy) is 1. The van der Waals surface area contributed by atoms with E-state index >= 15 is 0 Å². The predicted octanol–water partition coefficient (Wildman–Crippen LogP) is 2.69. The fourth-order valence-corrected chi connectivity index (χ4v) is 4.17. The Hall–Kier alpha value is -2.21. The topological polar surface area (TPSA) is 79.9 Å². The molecular formula is C20H28N4O2. The van der Waals surface area contributed by atoms with Crippen molar-refractivity contribution in [3.8, 4) is 0 Å². The minimum absolute atomic E-state index is 0.0782. The van der Waals surface area contributed by atoms with Crippen molar-refractivity contribution in [3.05, 3.63) is 47.3 Å². The van der Waals surface area contributed by atoms with Gasteiger partial charge in [0.1, 0.15) is 0 Å². The summed E-state index contributed by atoms with van der Waals surface area (Å²) < 4.78 is 5.94. The van der Waals surface area contributed by atoms with Gasteiger partial charge in [-0.25, -0.2) is 0 Å². The highest BCUT2D eigenvalue weighted by atomic mass is 16.5. The van der Waals surface area contributed by atoms with E-state index in [1.54, 1.807) is 6.20 Å². The van der Waals surface area contributed by atoms with Crippen molar-refractivity contribution in [1.29, 1.82) is 0 Å². The van der Waals surface area contributed by atoms with Crippen molar-refractivity contribution in [2.75, 3.05) is 13.2 Å². The number of H-pyrrole nitrogens is 1. The second-order valence-electron chi connectivity index (χ2n) is 7.87. The molecule has 1 atom stereocenters. The van der Waals surface area contributed by atoms with Gasteiger partial charge in [0.25, 0.3) is 0 Å². The molecule has 2 heterocycles. The largest absolute Gasteiger partial charge is 0.376 e. The average molecular weight is 356 g/mol. The molecule has 0 spiro atoms. The summed E-state index contributed by atoms with van der Waals surface area (Å²) in [6, 6.07) is 8.41. The number of nitrogens with one attached hydrogen (secondary N) is 2. The molecule has 1 amide bonds. The van der Waals surface area contributed by atoms with Gasteiger partial charge in [0, 0.05) is 31.4 Å². The minimum Gasteiger partial charge on any atom is -0.376 e. The molecule has 2 N–H and O–H groups in total. The Morgan fingerprint density at radius 2 is 2.15 bits per heavy atom. The molecular weight excluding hydrogens is 328 g/mol. The maximum Gasteiger partial charge on any atom is 0.220 e. The first-order valence-electron chi connectivity index (χ1n) is 9.22. The standard InChI is InChI=1S/C20H28N4O2/c1-15-6-4-5-7-17(15)20(9-11-26-19(2,3)14-20)12-18(25)21-10-8-16-13-22-24-23-16/h4-7,13H,8-12,14H2,1-3H3,(H,21,25)(H,22,23,24)/t20-/m0/s1. The van der Waals surface area contributed by atoms with E-state index in [0.717, 1.165) is 18.5 Å². The summed E-state index contributed by atoms with van der Waals surface area (Å²) >= 11 is 0. The molecule has 1 aromatic carbocycles. The van der Waals surface area contributed by atoms with Crippen molar-refractivity contribution in [3.63, 3.8) is 0 Å². The number of amides is 1. The number of aromatic nitrogens is 3. The molecule has 1 aromatic heterocycles. The van der Waals surface area contributed by atoms with Crippen LogP contribution in [0.25, 0.3) is 0 Å². The monoisotopic (exact) mass is 356 g/mol. The highest BCUT2D eigenvalue weighted by molar-refractivity contribution is 5.77. The summed E-state index contributed by atoms with van der Waals surface area (Å²) in [5.74, 6) is 0.0782. The highest BCUT2D eigenvalue weighted by Crippen LogP contribution is 2.45. The van der Waals surface area contributed by atoms with Crippen LogP contribution in [0.3, 0.4) is 0 Å². The lowest BCUT2D eigenvalue weighted by Gasteiger charge is -2.45. The molecule has 6 nitrogen and oxygen atoms in total.